The van der Waals surface area contributed by atoms with Crippen molar-refractivity contribution in [1.29, 1.82) is 0 Å². The van der Waals surface area contributed by atoms with Gasteiger partial charge in [0.2, 0.25) is 5.88 Å². The molecule has 0 saturated carbocycles. The number of hydrogen-bond acceptors (Lipinski definition) is 6. The van der Waals surface area contributed by atoms with Crippen LogP contribution >= 0.6 is 0 Å². The van der Waals surface area contributed by atoms with Gasteiger partial charge in [0.15, 0.2) is 6.61 Å². The Morgan fingerprint density at radius 3 is 2.54 bits per heavy atom. The fourth-order valence-electron chi connectivity index (χ4n) is 1.81. The van der Waals surface area contributed by atoms with E-state index in [0.717, 1.165) is 11.3 Å². The molecule has 0 atom stereocenters. The molecule has 0 spiro atoms. The van der Waals surface area contributed by atoms with E-state index in [4.69, 9.17) is 14.2 Å². The molecule has 0 aliphatic carbocycles. The summed E-state index contributed by atoms with van der Waals surface area (Å²) in [5, 5.41) is 0. The van der Waals surface area contributed by atoms with Crippen molar-refractivity contribution in [3.8, 4) is 11.6 Å². The third-order valence-electron chi connectivity index (χ3n) is 2.90. The molecule has 2 aromatic rings. The van der Waals surface area contributed by atoms with Crippen molar-refractivity contribution in [3.63, 3.8) is 0 Å². The van der Waals surface area contributed by atoms with Gasteiger partial charge in [0.05, 0.1) is 25.1 Å². The van der Waals surface area contributed by atoms with Crippen molar-refractivity contribution in [2.45, 2.75) is 20.0 Å². The Morgan fingerprint density at radius 1 is 1.21 bits per heavy atom. The first-order valence-electron chi connectivity index (χ1n) is 7.53. The molecule has 6 heteroatoms. The summed E-state index contributed by atoms with van der Waals surface area (Å²) in [6.45, 7) is 3.48. The van der Waals surface area contributed by atoms with Crippen LogP contribution in [0.2, 0.25) is 0 Å². The average Bonchev–Trinajstić information content (AvgIpc) is 2.59. The van der Waals surface area contributed by atoms with Crippen molar-refractivity contribution < 1.29 is 19.0 Å². The number of rotatable bonds is 7. The molecule has 0 N–H and O–H groups in total. The molecule has 0 aliphatic heterocycles. The number of aromatic nitrogens is 1. The largest absolute Gasteiger partial charge is 0.482 e. The molecule has 0 aliphatic rings. The topological polar surface area (TPSA) is 70.0 Å². The van der Waals surface area contributed by atoms with Crippen LogP contribution in [0.15, 0.2) is 47.6 Å². The highest BCUT2D eigenvalue weighted by molar-refractivity contribution is 5.82. The van der Waals surface area contributed by atoms with Gasteiger partial charge in [-0.25, -0.2) is 9.78 Å². The Balaban J connectivity index is 1.89. The molecular formula is C18H20N2O4. The summed E-state index contributed by atoms with van der Waals surface area (Å²) >= 11 is 0. The lowest BCUT2D eigenvalue weighted by Crippen LogP contribution is -2.18. The van der Waals surface area contributed by atoms with Crippen LogP contribution in [0.1, 0.15) is 19.4 Å². The van der Waals surface area contributed by atoms with E-state index in [-0.39, 0.29) is 18.7 Å². The highest BCUT2D eigenvalue weighted by Crippen LogP contribution is 2.15. The Labute approximate surface area is 141 Å². The number of aliphatic imine (C=N–C) groups is 1. The van der Waals surface area contributed by atoms with Crippen LogP contribution < -0.4 is 9.47 Å². The maximum Gasteiger partial charge on any atom is 0.344 e. The molecule has 0 unspecified atom stereocenters. The molecule has 0 radical (unpaired) electrons. The van der Waals surface area contributed by atoms with Gasteiger partial charge in [-0.3, -0.25) is 4.99 Å². The zero-order valence-electron chi connectivity index (χ0n) is 13.9. The maximum absolute atomic E-state index is 11.4. The number of pyridine rings is 1. The predicted octanol–water partition coefficient (Wildman–Crippen LogP) is 3.17. The molecule has 24 heavy (non-hydrogen) atoms. The van der Waals surface area contributed by atoms with E-state index >= 15 is 0 Å². The van der Waals surface area contributed by atoms with E-state index in [1.165, 1.54) is 0 Å². The standard InChI is InChI=1S/C18H20N2O4/c1-13(2)24-18(21)12-23-16-7-4-14(5-8-16)10-19-15-6-9-17(22-3)20-11-15/h4-11,13H,12H2,1-3H3. The SMILES string of the molecule is COc1ccc(N=Cc2ccc(OCC(=O)OC(C)C)cc2)cn1. The van der Waals surface area contributed by atoms with E-state index in [2.05, 4.69) is 9.98 Å². The molecule has 2 rings (SSSR count). The summed E-state index contributed by atoms with van der Waals surface area (Å²) in [6, 6.07) is 10.8. The molecule has 0 bridgehead atoms. The zero-order valence-corrected chi connectivity index (χ0v) is 13.9. The molecule has 1 heterocycles. The van der Waals surface area contributed by atoms with Gasteiger partial charge in [-0.2, -0.15) is 0 Å². The minimum atomic E-state index is -0.386. The predicted molar refractivity (Wildman–Crippen MR) is 91.2 cm³/mol. The van der Waals surface area contributed by atoms with Crippen LogP contribution in [0.5, 0.6) is 11.6 Å². The number of methoxy groups -OCH3 is 1. The van der Waals surface area contributed by atoms with Gasteiger partial charge in [0, 0.05) is 12.3 Å². The van der Waals surface area contributed by atoms with Gasteiger partial charge < -0.3 is 14.2 Å². The van der Waals surface area contributed by atoms with E-state index in [1.54, 1.807) is 51.6 Å². The minimum Gasteiger partial charge on any atom is -0.482 e. The number of ether oxygens (including phenoxy) is 3. The normalized spacial score (nSPS) is 10.8. The van der Waals surface area contributed by atoms with E-state index < -0.39 is 0 Å². The van der Waals surface area contributed by atoms with Crippen molar-refractivity contribution >= 4 is 17.9 Å². The second kappa shape index (κ2) is 8.67. The number of carbonyl (C=O) groups is 1. The average molecular weight is 328 g/mol. The summed E-state index contributed by atoms with van der Waals surface area (Å²) in [7, 11) is 1.57. The number of hydrogen-bond donors (Lipinski definition) is 0. The van der Waals surface area contributed by atoms with Crippen molar-refractivity contribution in [2.24, 2.45) is 4.99 Å². The second-order valence-corrected chi connectivity index (χ2v) is 5.21. The third-order valence-corrected chi connectivity index (χ3v) is 2.90. The van der Waals surface area contributed by atoms with Gasteiger partial charge in [-0.05, 0) is 49.7 Å². The Bertz CT molecular complexity index is 679. The number of carbonyl (C=O) groups excluding carboxylic acids is 1. The van der Waals surface area contributed by atoms with Crippen LogP contribution in [0, 0.1) is 0 Å². The lowest BCUT2D eigenvalue weighted by atomic mass is 10.2. The van der Waals surface area contributed by atoms with Crippen molar-refractivity contribution in [1.82, 2.24) is 4.98 Å². The molecule has 0 saturated heterocycles. The number of nitrogens with zero attached hydrogens (tertiary/aromatic N) is 2. The van der Waals surface area contributed by atoms with Crippen molar-refractivity contribution in [2.75, 3.05) is 13.7 Å². The van der Waals surface area contributed by atoms with Crippen LogP contribution in [-0.4, -0.2) is 37.0 Å². The number of esters is 1. The van der Waals surface area contributed by atoms with Crippen LogP contribution in [0.4, 0.5) is 5.69 Å². The van der Waals surface area contributed by atoms with Crippen LogP contribution in [0.25, 0.3) is 0 Å². The molecule has 6 nitrogen and oxygen atoms in total. The minimum absolute atomic E-state index is 0.108. The fraction of sp³-hybridized carbons (Fsp3) is 0.278. The highest BCUT2D eigenvalue weighted by Gasteiger charge is 2.06. The third kappa shape index (κ3) is 5.72. The van der Waals surface area contributed by atoms with Crippen molar-refractivity contribution in [3.05, 3.63) is 48.2 Å². The summed E-state index contributed by atoms with van der Waals surface area (Å²) in [5.74, 6) is 0.757. The van der Waals surface area contributed by atoms with Gasteiger partial charge in [0.25, 0.3) is 0 Å². The first-order chi connectivity index (χ1) is 11.6. The highest BCUT2D eigenvalue weighted by atomic mass is 16.6. The first kappa shape index (κ1) is 17.5. The Kier molecular flexibility index (Phi) is 6.31. The lowest BCUT2D eigenvalue weighted by Gasteiger charge is -2.09. The molecule has 0 fully saturated rings. The maximum atomic E-state index is 11.4. The molecule has 1 aromatic heterocycles. The van der Waals surface area contributed by atoms with Crippen LogP contribution in [0.3, 0.4) is 0 Å². The Hall–Kier alpha value is -2.89. The summed E-state index contributed by atoms with van der Waals surface area (Å²) < 4.78 is 15.4. The van der Waals surface area contributed by atoms with Crippen LogP contribution in [-0.2, 0) is 9.53 Å². The molecular weight excluding hydrogens is 308 g/mol. The summed E-state index contributed by atoms with van der Waals surface area (Å²) in [6.07, 6.45) is 3.21. The second-order valence-electron chi connectivity index (χ2n) is 5.21. The fourth-order valence-corrected chi connectivity index (χ4v) is 1.81. The van der Waals surface area contributed by atoms with E-state index in [0.29, 0.717) is 11.6 Å². The summed E-state index contributed by atoms with van der Waals surface area (Å²) in [5.41, 5.74) is 1.63. The zero-order chi connectivity index (χ0) is 17.4. The quantitative estimate of drug-likeness (QED) is 0.577. The summed E-state index contributed by atoms with van der Waals surface area (Å²) in [4.78, 5) is 19.8. The first-order valence-corrected chi connectivity index (χ1v) is 7.53. The van der Waals surface area contributed by atoms with Gasteiger partial charge in [-0.15, -0.1) is 0 Å². The van der Waals surface area contributed by atoms with E-state index in [9.17, 15) is 4.79 Å². The number of benzene rings is 1. The molecule has 126 valence electrons. The van der Waals surface area contributed by atoms with Gasteiger partial charge >= 0.3 is 5.97 Å². The smallest absolute Gasteiger partial charge is 0.344 e. The van der Waals surface area contributed by atoms with Gasteiger partial charge in [0.1, 0.15) is 5.75 Å². The monoisotopic (exact) mass is 328 g/mol. The van der Waals surface area contributed by atoms with Gasteiger partial charge in [-0.1, -0.05) is 0 Å². The van der Waals surface area contributed by atoms with E-state index in [1.807, 2.05) is 18.2 Å². The Morgan fingerprint density at radius 2 is 1.96 bits per heavy atom. The lowest BCUT2D eigenvalue weighted by molar-refractivity contribution is -0.149. The molecule has 0 amide bonds. The molecule has 1 aromatic carbocycles.